The normalized spacial score (nSPS) is 14.2. The van der Waals surface area contributed by atoms with Crippen molar-refractivity contribution in [1.29, 1.82) is 0 Å². The van der Waals surface area contributed by atoms with Crippen LogP contribution in [0.3, 0.4) is 0 Å². The van der Waals surface area contributed by atoms with Crippen LogP contribution in [-0.4, -0.2) is 30.7 Å². The number of furan rings is 1. The first-order valence-electron chi connectivity index (χ1n) is 8.46. The monoisotopic (exact) mass is 363 g/mol. The van der Waals surface area contributed by atoms with Crippen LogP contribution in [0.15, 0.2) is 45.8 Å². The molecular formula is C19H26ClN3O2. The van der Waals surface area contributed by atoms with Crippen LogP contribution in [0.25, 0.3) is 0 Å². The summed E-state index contributed by atoms with van der Waals surface area (Å²) in [6.07, 6.45) is 0.857. The van der Waals surface area contributed by atoms with Crippen LogP contribution in [0.5, 0.6) is 0 Å². The molecule has 2 rings (SSSR count). The van der Waals surface area contributed by atoms with Crippen molar-refractivity contribution >= 4 is 17.6 Å². The highest BCUT2D eigenvalue weighted by Crippen LogP contribution is 2.23. The third kappa shape index (κ3) is 6.11. The molecule has 1 heterocycles. The lowest BCUT2D eigenvalue weighted by atomic mass is 10.0. The Balaban J connectivity index is 1.92. The Labute approximate surface area is 154 Å². The van der Waals surface area contributed by atoms with Gasteiger partial charge in [-0.2, -0.15) is 0 Å². The van der Waals surface area contributed by atoms with Gasteiger partial charge in [0.15, 0.2) is 5.96 Å². The summed E-state index contributed by atoms with van der Waals surface area (Å²) in [7, 11) is 0. The Morgan fingerprint density at radius 2 is 1.92 bits per heavy atom. The van der Waals surface area contributed by atoms with E-state index in [1.54, 1.807) is 13.0 Å². The summed E-state index contributed by atoms with van der Waals surface area (Å²) in [4.78, 5) is 4.48. The summed E-state index contributed by atoms with van der Waals surface area (Å²) in [6.45, 7) is 7.24. The van der Waals surface area contributed by atoms with Gasteiger partial charge in [0.1, 0.15) is 17.1 Å². The number of nitrogens with zero attached hydrogens (tertiary/aromatic N) is 1. The predicted octanol–water partition coefficient (Wildman–Crippen LogP) is 3.25. The first-order chi connectivity index (χ1) is 11.9. The zero-order valence-corrected chi connectivity index (χ0v) is 15.7. The molecule has 1 atom stereocenters. The molecule has 6 heteroatoms. The van der Waals surface area contributed by atoms with Crippen molar-refractivity contribution < 1.29 is 9.52 Å². The van der Waals surface area contributed by atoms with E-state index >= 15 is 0 Å². The summed E-state index contributed by atoms with van der Waals surface area (Å²) < 4.78 is 5.52. The smallest absolute Gasteiger partial charge is 0.191 e. The molecule has 0 fully saturated rings. The zero-order valence-electron chi connectivity index (χ0n) is 15.0. The van der Waals surface area contributed by atoms with Crippen LogP contribution in [0.4, 0.5) is 0 Å². The first kappa shape index (κ1) is 19.3. The lowest BCUT2D eigenvalue weighted by Gasteiger charge is -2.19. The van der Waals surface area contributed by atoms with E-state index in [1.165, 1.54) is 5.56 Å². The standard InChI is InChI=1S/C19H26ClN3O2/c1-4-21-18(22-12-11-15-6-8-16(20)9-7-15)23-13-19(3,24)17-10-5-14(2)25-17/h5-10,24H,4,11-13H2,1-3H3,(H2,21,22,23). The number of guanidine groups is 1. The Hall–Kier alpha value is -1.98. The number of aliphatic imine (C=N–C) groups is 1. The van der Waals surface area contributed by atoms with Crippen molar-refractivity contribution in [2.45, 2.75) is 32.8 Å². The lowest BCUT2D eigenvalue weighted by Crippen LogP contribution is -2.39. The van der Waals surface area contributed by atoms with Gasteiger partial charge in [0, 0.05) is 18.1 Å². The quantitative estimate of drug-likeness (QED) is 0.521. The molecule has 0 spiro atoms. The number of rotatable bonds is 7. The van der Waals surface area contributed by atoms with Crippen LogP contribution in [0.2, 0.25) is 5.02 Å². The highest BCUT2D eigenvalue weighted by molar-refractivity contribution is 6.30. The van der Waals surface area contributed by atoms with Gasteiger partial charge < -0.3 is 20.2 Å². The molecule has 1 unspecified atom stereocenters. The Bertz CT molecular complexity index is 693. The van der Waals surface area contributed by atoms with E-state index in [0.29, 0.717) is 11.7 Å². The molecule has 3 N–H and O–H groups in total. The Morgan fingerprint density at radius 1 is 1.20 bits per heavy atom. The van der Waals surface area contributed by atoms with E-state index in [9.17, 15) is 5.11 Å². The molecule has 0 saturated carbocycles. The number of aryl methyl sites for hydroxylation is 1. The van der Waals surface area contributed by atoms with E-state index in [4.69, 9.17) is 16.0 Å². The van der Waals surface area contributed by atoms with Gasteiger partial charge in [-0.1, -0.05) is 23.7 Å². The summed E-state index contributed by atoms with van der Waals surface area (Å²) in [5.74, 6) is 1.96. The second-order valence-electron chi connectivity index (χ2n) is 6.18. The van der Waals surface area contributed by atoms with E-state index in [0.717, 1.165) is 30.3 Å². The molecule has 1 aromatic heterocycles. The highest BCUT2D eigenvalue weighted by atomic mass is 35.5. The minimum atomic E-state index is -1.15. The maximum Gasteiger partial charge on any atom is 0.191 e. The van der Waals surface area contributed by atoms with E-state index in [-0.39, 0.29) is 6.54 Å². The minimum Gasteiger partial charge on any atom is -0.463 e. The third-order valence-electron chi connectivity index (χ3n) is 3.78. The van der Waals surface area contributed by atoms with Gasteiger partial charge in [-0.05, 0) is 57.0 Å². The number of halogens is 1. The fourth-order valence-electron chi connectivity index (χ4n) is 2.35. The molecular weight excluding hydrogens is 338 g/mol. The largest absolute Gasteiger partial charge is 0.463 e. The van der Waals surface area contributed by atoms with Crippen LogP contribution in [0.1, 0.15) is 30.9 Å². The maximum absolute atomic E-state index is 10.6. The fraction of sp³-hybridized carbons (Fsp3) is 0.421. The molecule has 2 aromatic rings. The third-order valence-corrected chi connectivity index (χ3v) is 4.03. The topological polar surface area (TPSA) is 69.8 Å². The predicted molar refractivity (Wildman–Crippen MR) is 102 cm³/mol. The molecule has 5 nitrogen and oxygen atoms in total. The summed E-state index contributed by atoms with van der Waals surface area (Å²) in [6, 6.07) is 11.4. The van der Waals surface area contributed by atoms with Gasteiger partial charge in [-0.3, -0.25) is 0 Å². The molecule has 1 aromatic carbocycles. The van der Waals surface area contributed by atoms with Gasteiger partial charge in [0.05, 0.1) is 6.54 Å². The summed E-state index contributed by atoms with van der Waals surface area (Å²) in [5, 5.41) is 17.8. The molecule has 0 saturated heterocycles. The van der Waals surface area contributed by atoms with Crippen LogP contribution in [0, 0.1) is 6.92 Å². The minimum absolute atomic E-state index is 0.205. The van der Waals surface area contributed by atoms with Crippen molar-refractivity contribution in [3.63, 3.8) is 0 Å². The number of hydrogen-bond donors (Lipinski definition) is 3. The van der Waals surface area contributed by atoms with Crippen molar-refractivity contribution in [3.8, 4) is 0 Å². The van der Waals surface area contributed by atoms with Gasteiger partial charge in [0.2, 0.25) is 0 Å². The van der Waals surface area contributed by atoms with Crippen LogP contribution in [-0.2, 0) is 12.0 Å². The number of hydrogen-bond acceptors (Lipinski definition) is 3. The molecule has 136 valence electrons. The Morgan fingerprint density at radius 3 is 2.52 bits per heavy atom. The van der Waals surface area contributed by atoms with E-state index in [2.05, 4.69) is 15.6 Å². The Kier molecular flexibility index (Phi) is 6.91. The second kappa shape index (κ2) is 8.92. The molecule has 0 bridgehead atoms. The average Bonchev–Trinajstić information content (AvgIpc) is 3.02. The summed E-state index contributed by atoms with van der Waals surface area (Å²) >= 11 is 5.90. The van der Waals surface area contributed by atoms with E-state index < -0.39 is 5.60 Å². The van der Waals surface area contributed by atoms with Gasteiger partial charge in [-0.15, -0.1) is 0 Å². The SMILES string of the molecule is CCNC(=NCC(C)(O)c1ccc(C)o1)NCCc1ccc(Cl)cc1. The van der Waals surface area contributed by atoms with Crippen LogP contribution >= 0.6 is 11.6 Å². The van der Waals surface area contributed by atoms with Crippen molar-refractivity contribution in [2.24, 2.45) is 4.99 Å². The highest BCUT2D eigenvalue weighted by Gasteiger charge is 2.26. The van der Waals surface area contributed by atoms with Gasteiger partial charge in [0.25, 0.3) is 0 Å². The maximum atomic E-state index is 10.6. The number of aliphatic hydroxyl groups is 1. The van der Waals surface area contributed by atoms with Crippen molar-refractivity contribution in [1.82, 2.24) is 10.6 Å². The fourth-order valence-corrected chi connectivity index (χ4v) is 2.48. The van der Waals surface area contributed by atoms with Crippen molar-refractivity contribution in [2.75, 3.05) is 19.6 Å². The average molecular weight is 364 g/mol. The van der Waals surface area contributed by atoms with Gasteiger partial charge in [-0.25, -0.2) is 4.99 Å². The number of benzene rings is 1. The van der Waals surface area contributed by atoms with Crippen molar-refractivity contribution in [3.05, 3.63) is 58.5 Å². The molecule has 0 radical (unpaired) electrons. The molecule has 0 aliphatic rings. The lowest BCUT2D eigenvalue weighted by molar-refractivity contribution is 0.0428. The first-order valence-corrected chi connectivity index (χ1v) is 8.84. The molecule has 0 aliphatic heterocycles. The summed E-state index contributed by atoms with van der Waals surface area (Å²) in [5.41, 5.74) is 0.0538. The van der Waals surface area contributed by atoms with Crippen LogP contribution < -0.4 is 10.6 Å². The van der Waals surface area contributed by atoms with Gasteiger partial charge >= 0.3 is 0 Å². The second-order valence-corrected chi connectivity index (χ2v) is 6.62. The zero-order chi connectivity index (χ0) is 18.3. The molecule has 25 heavy (non-hydrogen) atoms. The molecule has 0 amide bonds. The number of nitrogens with one attached hydrogen (secondary N) is 2. The van der Waals surface area contributed by atoms with E-state index in [1.807, 2.05) is 44.2 Å². The molecule has 0 aliphatic carbocycles.